The largest absolute Gasteiger partial charge is 0.481 e. The number of nitrogen functional groups attached to an aromatic ring is 1. The first-order chi connectivity index (χ1) is 31.8. The average Bonchev–Trinajstić information content (AvgIpc) is 3.54. The minimum atomic E-state index is -5.45. The summed E-state index contributed by atoms with van der Waals surface area (Å²) in [5.74, 6) is -0.694. The van der Waals surface area contributed by atoms with Crippen LogP contribution in [0.25, 0.3) is 0 Å². The minimum Gasteiger partial charge on any atom is -0.462 e. The summed E-state index contributed by atoms with van der Waals surface area (Å²) < 4.78 is 56.6. The Bertz CT molecular complexity index is 1720. The second kappa shape index (κ2) is 33.9. The predicted octanol–water partition coefficient (Wildman–Crippen LogP) is 7.08. The van der Waals surface area contributed by atoms with E-state index in [1.165, 1.54) is 38.2 Å². The summed E-state index contributed by atoms with van der Waals surface area (Å²) in [4.78, 5) is 61.8. The van der Waals surface area contributed by atoms with E-state index < -0.39 is 95.9 Å². The molecule has 0 aromatic carbocycles. The molecule has 0 amide bonds. The van der Waals surface area contributed by atoms with Crippen molar-refractivity contribution in [1.29, 1.82) is 0 Å². The molecule has 388 valence electrons. The number of carbonyl (C=O) groups is 2. The van der Waals surface area contributed by atoms with Crippen molar-refractivity contribution in [2.24, 2.45) is 5.92 Å². The van der Waals surface area contributed by atoms with Crippen molar-refractivity contribution in [3.05, 3.63) is 34.9 Å². The fraction of sp³-hybridized carbons (Fsp3) is 0.822. The van der Waals surface area contributed by atoms with Gasteiger partial charge in [-0.3, -0.25) is 23.2 Å². The van der Waals surface area contributed by atoms with Crippen LogP contribution in [-0.2, 0) is 46.3 Å². The number of hydrogen-bond donors (Lipinski definition) is 7. The lowest BCUT2D eigenvalue weighted by atomic mass is 10.0. The number of rotatable bonds is 39. The first-order valence-corrected chi connectivity index (χ1v) is 27.2. The van der Waals surface area contributed by atoms with Crippen LogP contribution in [0.15, 0.2) is 29.2 Å². The molecule has 1 aromatic rings. The van der Waals surface area contributed by atoms with Gasteiger partial charge >= 0.3 is 33.3 Å². The van der Waals surface area contributed by atoms with Crippen molar-refractivity contribution in [2.75, 3.05) is 25.6 Å². The molecule has 0 radical (unpaired) electrons. The van der Waals surface area contributed by atoms with Crippen molar-refractivity contribution in [2.45, 2.75) is 211 Å². The van der Waals surface area contributed by atoms with Gasteiger partial charge in [-0.15, -0.1) is 0 Å². The van der Waals surface area contributed by atoms with E-state index in [1.807, 2.05) is 12.2 Å². The lowest BCUT2D eigenvalue weighted by Gasteiger charge is -2.21. The van der Waals surface area contributed by atoms with Crippen molar-refractivity contribution in [3.8, 4) is 0 Å². The lowest BCUT2D eigenvalue weighted by molar-refractivity contribution is -0.161. The number of esters is 2. The molecule has 1 aliphatic rings. The molecular weight excluding hydrogens is 916 g/mol. The molecule has 2 heterocycles. The normalized spacial score (nSPS) is 20.7. The van der Waals surface area contributed by atoms with E-state index in [0.29, 0.717) is 38.5 Å². The van der Waals surface area contributed by atoms with E-state index in [0.717, 1.165) is 80.9 Å². The number of nitrogens with two attached hydrogens (primary N) is 1. The molecule has 1 aromatic heterocycles. The zero-order chi connectivity index (χ0) is 49.7. The van der Waals surface area contributed by atoms with Gasteiger partial charge in [-0.25, -0.2) is 13.9 Å². The number of phosphoric acid groups is 2. The van der Waals surface area contributed by atoms with Crippen LogP contribution in [0.3, 0.4) is 0 Å². The standard InChI is InChI=1S/C45H81N3O17P2/c1-4-5-6-7-15-20-25-36(49)37(50)26-21-16-13-18-22-27-40(51)60-31-35(63-41(52)28-23-17-12-10-8-9-11-14-19-24-34(2)3)32-61-66(56,57)65-67(58,59)62-33-38-42(53)43(54)44(64-38)48-30-29-39(46)47-45(48)55/h15,20,29-30,34-38,42-44,49-50,53-54H,4-14,16-19,21-28,31-33H2,1-3H3,(H,56,57)(H,58,59)(H2,46,47,55)/b20-15-/t35-,36-,37-,38-,42-,43-,44-/m1/s1. The van der Waals surface area contributed by atoms with Crippen LogP contribution >= 0.6 is 15.6 Å². The van der Waals surface area contributed by atoms with Gasteiger partial charge in [0, 0.05) is 19.0 Å². The number of unbranched alkanes of at least 4 members (excludes halogenated alkanes) is 15. The smallest absolute Gasteiger partial charge is 0.462 e. The van der Waals surface area contributed by atoms with E-state index in [9.17, 15) is 53.7 Å². The Hall–Kier alpha value is -2.58. The highest BCUT2D eigenvalue weighted by molar-refractivity contribution is 7.61. The second-order valence-corrected chi connectivity index (χ2v) is 20.8. The Kier molecular flexibility index (Phi) is 30.6. The highest BCUT2D eigenvalue weighted by atomic mass is 31.3. The summed E-state index contributed by atoms with van der Waals surface area (Å²) in [6, 6.07) is 1.24. The van der Waals surface area contributed by atoms with Gasteiger partial charge in [-0.2, -0.15) is 9.29 Å². The monoisotopic (exact) mass is 998 g/mol. The number of aromatic nitrogens is 2. The molecule has 8 N–H and O–H groups in total. The molecule has 0 spiro atoms. The fourth-order valence-electron chi connectivity index (χ4n) is 7.29. The van der Waals surface area contributed by atoms with Crippen molar-refractivity contribution in [3.63, 3.8) is 0 Å². The second-order valence-electron chi connectivity index (χ2n) is 17.8. The van der Waals surface area contributed by atoms with Crippen LogP contribution in [0.4, 0.5) is 5.82 Å². The topological polar surface area (TPSA) is 306 Å². The molecular formula is C45H81N3O17P2. The maximum absolute atomic E-state index is 12.8. The highest BCUT2D eigenvalue weighted by Crippen LogP contribution is 2.60. The van der Waals surface area contributed by atoms with E-state index in [-0.39, 0.29) is 18.7 Å². The third kappa shape index (κ3) is 27.4. The molecule has 2 unspecified atom stereocenters. The van der Waals surface area contributed by atoms with Crippen LogP contribution in [0.5, 0.6) is 0 Å². The molecule has 0 aliphatic carbocycles. The summed E-state index contributed by atoms with van der Waals surface area (Å²) in [5, 5.41) is 41.4. The Labute approximate surface area is 396 Å². The maximum Gasteiger partial charge on any atom is 0.481 e. The van der Waals surface area contributed by atoms with Gasteiger partial charge in [-0.1, -0.05) is 129 Å². The van der Waals surface area contributed by atoms with Crippen LogP contribution in [0, 0.1) is 5.92 Å². The third-order valence-electron chi connectivity index (χ3n) is 11.2. The number of nitrogens with zero attached hydrogens (tertiary/aromatic N) is 2. The Morgan fingerprint density at radius 3 is 1.99 bits per heavy atom. The quantitative estimate of drug-likeness (QED) is 0.0150. The first-order valence-electron chi connectivity index (χ1n) is 24.2. The number of allylic oxidation sites excluding steroid dienone is 1. The Morgan fingerprint density at radius 2 is 1.37 bits per heavy atom. The third-order valence-corrected chi connectivity index (χ3v) is 13.8. The average molecular weight is 998 g/mol. The zero-order valence-electron chi connectivity index (χ0n) is 39.9. The van der Waals surface area contributed by atoms with Gasteiger partial charge in [0.2, 0.25) is 0 Å². The molecule has 1 fully saturated rings. The number of aliphatic hydroxyl groups is 4. The van der Waals surface area contributed by atoms with E-state index in [2.05, 4.69) is 30.1 Å². The highest BCUT2D eigenvalue weighted by Gasteiger charge is 2.46. The SMILES string of the molecule is CCCCC/C=C\C[C@@H](O)[C@H](O)CCCCCCCC(=O)OC[C@H](COP(=O)(O)OP(=O)(O)OC[C@H]1O[C@@H](n2ccc(N)nc2=O)[C@H](O)[C@@H]1O)OC(=O)CCCCCCCCCCCC(C)C. The molecule has 2 rings (SSSR count). The van der Waals surface area contributed by atoms with Gasteiger partial charge in [0.15, 0.2) is 12.3 Å². The van der Waals surface area contributed by atoms with E-state index in [4.69, 9.17) is 29.0 Å². The molecule has 0 bridgehead atoms. The number of ether oxygens (including phenoxy) is 3. The number of aliphatic hydroxyl groups excluding tert-OH is 4. The molecule has 1 aliphatic heterocycles. The first kappa shape index (κ1) is 60.5. The van der Waals surface area contributed by atoms with Gasteiger partial charge in [0.05, 0.1) is 25.4 Å². The number of phosphoric ester groups is 2. The van der Waals surface area contributed by atoms with Crippen molar-refractivity contribution < 1.29 is 76.5 Å². The van der Waals surface area contributed by atoms with Gasteiger partial charge < -0.3 is 50.2 Å². The predicted molar refractivity (Wildman–Crippen MR) is 250 cm³/mol. The summed E-state index contributed by atoms with van der Waals surface area (Å²) >= 11 is 0. The van der Waals surface area contributed by atoms with Crippen LogP contribution in [-0.4, -0.2) is 108 Å². The maximum atomic E-state index is 12.8. The zero-order valence-corrected chi connectivity index (χ0v) is 41.6. The summed E-state index contributed by atoms with van der Waals surface area (Å²) in [6.07, 6.45) is 14.8. The molecule has 22 heteroatoms. The minimum absolute atomic E-state index is 0.0207. The van der Waals surface area contributed by atoms with Crippen LogP contribution in [0.1, 0.15) is 175 Å². The van der Waals surface area contributed by atoms with Gasteiger partial charge in [0.25, 0.3) is 0 Å². The van der Waals surface area contributed by atoms with Crippen LogP contribution < -0.4 is 11.4 Å². The molecule has 1 saturated heterocycles. The van der Waals surface area contributed by atoms with E-state index >= 15 is 0 Å². The van der Waals surface area contributed by atoms with Crippen molar-refractivity contribution in [1.82, 2.24) is 9.55 Å². The number of hydrogen-bond acceptors (Lipinski definition) is 17. The number of anilines is 1. The van der Waals surface area contributed by atoms with Gasteiger partial charge in [0.1, 0.15) is 30.7 Å². The molecule has 67 heavy (non-hydrogen) atoms. The Balaban J connectivity index is 1.84. The van der Waals surface area contributed by atoms with Crippen LogP contribution in [0.2, 0.25) is 0 Å². The number of carbonyl (C=O) groups excluding carboxylic acids is 2. The van der Waals surface area contributed by atoms with Crippen molar-refractivity contribution >= 4 is 33.4 Å². The summed E-state index contributed by atoms with van der Waals surface area (Å²) in [5.41, 5.74) is 4.57. The lowest BCUT2D eigenvalue weighted by Crippen LogP contribution is -2.36. The summed E-state index contributed by atoms with van der Waals surface area (Å²) in [6.45, 7) is 4.19. The molecule has 20 nitrogen and oxygen atoms in total. The van der Waals surface area contributed by atoms with E-state index in [1.54, 1.807) is 0 Å². The molecule has 0 saturated carbocycles. The van der Waals surface area contributed by atoms with Gasteiger partial charge in [-0.05, 0) is 50.5 Å². The Morgan fingerprint density at radius 1 is 0.791 bits per heavy atom. The molecule has 9 atom stereocenters. The summed E-state index contributed by atoms with van der Waals surface area (Å²) in [7, 11) is -10.9. The fourth-order valence-corrected chi connectivity index (χ4v) is 9.40.